The van der Waals surface area contributed by atoms with Crippen LogP contribution < -0.4 is 0 Å². The van der Waals surface area contributed by atoms with Gasteiger partial charge in [0.05, 0.1) is 27.6 Å². The van der Waals surface area contributed by atoms with Crippen molar-refractivity contribution in [3.8, 4) is 130 Å². The third-order valence-electron chi connectivity index (χ3n) is 21.5. The van der Waals surface area contributed by atoms with Gasteiger partial charge in [-0.1, -0.05) is 339 Å². The fourth-order valence-corrected chi connectivity index (χ4v) is 16.1. The molecule has 552 valence electrons. The molecule has 0 aliphatic rings. The zero-order valence-corrected chi connectivity index (χ0v) is 64.1. The second kappa shape index (κ2) is 31.2. The average Bonchev–Trinajstić information content (AvgIpc) is 1.57. The zero-order valence-electron chi connectivity index (χ0n) is 63.3. The van der Waals surface area contributed by atoms with Crippen LogP contribution in [0.15, 0.2) is 425 Å². The molecule has 22 aromatic rings. The number of nitrogens with one attached hydrogen (secondary N) is 1. The van der Waals surface area contributed by atoms with Crippen LogP contribution >= 0.6 is 11.6 Å². The van der Waals surface area contributed by atoms with E-state index in [1.807, 2.05) is 146 Å². The highest BCUT2D eigenvalue weighted by atomic mass is 35.5. The first-order valence-electron chi connectivity index (χ1n) is 39.1. The fraction of sp³-hybridized carbons (Fsp3) is 0. The minimum absolute atomic E-state index is 0.607. The lowest BCUT2D eigenvalue weighted by atomic mass is 9.98. The topological polar surface area (TPSA) is 108 Å². The minimum atomic E-state index is 0.607. The molecule has 16 aromatic carbocycles. The molecule has 6 aromatic heterocycles. The molecule has 22 rings (SSSR count). The van der Waals surface area contributed by atoms with Gasteiger partial charge in [-0.2, -0.15) is 0 Å². The van der Waals surface area contributed by atoms with E-state index in [0.29, 0.717) is 40.0 Å². The first-order chi connectivity index (χ1) is 57.9. The molecule has 0 aliphatic carbocycles. The molecule has 0 bridgehead atoms. The molecule has 0 spiro atoms. The Bertz CT molecular complexity index is 7120. The van der Waals surface area contributed by atoms with Crippen molar-refractivity contribution in [2.24, 2.45) is 0 Å². The molecule has 11 heteroatoms. The van der Waals surface area contributed by atoms with E-state index in [1.54, 1.807) is 0 Å². The van der Waals surface area contributed by atoms with E-state index in [0.717, 1.165) is 72.4 Å². The number of benzene rings is 16. The second-order valence-electron chi connectivity index (χ2n) is 28.9. The SMILES string of the molecule is Clc1cccc(-c2nc(-c3ccccc3)nc(-c3ccccc3)n2)c1.c1ccc(-c2cc(-c3ccccc3)cc(-n3ccc4ccc5c6ccccc6[nH]c5c43)c2)cc1.c1ccc(-c2cc(-c3ccccc3)cc(-n3ccc4ccc5c6ccccc6n(-c6cccc(-c7nc(-c8ccccc8)nc(-c8ccccc8)n7)c6)c5c43)c2)cc1. The summed E-state index contributed by atoms with van der Waals surface area (Å²) in [5.74, 6) is 3.79. The molecule has 0 unspecified atom stereocenters. The normalized spacial score (nSPS) is 11.3. The Morgan fingerprint density at radius 2 is 0.547 bits per heavy atom. The highest BCUT2D eigenvalue weighted by Crippen LogP contribution is 2.42. The van der Waals surface area contributed by atoms with Crippen molar-refractivity contribution in [3.05, 3.63) is 430 Å². The van der Waals surface area contributed by atoms with Gasteiger partial charge in [-0.05, 0) is 129 Å². The lowest BCUT2D eigenvalue weighted by Gasteiger charge is -2.15. The standard InChI is InChI=1S/C53H35N5.C32H22N2.C21H14ClN3/c1-5-16-36(17-6-1)42-32-43(37-18-7-2-8-19-37)35-45(34-42)57-31-30-38-28-29-47-46-26-13-14-27-48(46)58(50(47)49(38)57)44-25-15-24-41(33-44)53-55-51(39-20-9-3-10-21-39)54-52(56-53)40-22-11-4-12-23-40;1-3-9-22(10-4-1)25-19-26(23-11-5-2-6-12-23)21-27(20-25)34-18-17-24-15-16-29-28-13-7-8-14-30(28)33-31(29)32(24)34;22-18-13-7-12-17(14-18)21-24-19(15-8-3-1-4-9-15)23-20(25-21)16-10-5-2-6-11-16/h1-35H;1-21,33H;1-14H. The molecule has 0 saturated heterocycles. The summed E-state index contributed by atoms with van der Waals surface area (Å²) in [5, 5.41) is 7.94. The summed E-state index contributed by atoms with van der Waals surface area (Å²) >= 11 is 6.14. The molecule has 0 saturated carbocycles. The summed E-state index contributed by atoms with van der Waals surface area (Å²) in [6.45, 7) is 0. The number of fused-ring (bicyclic) bond motifs is 10. The summed E-state index contributed by atoms with van der Waals surface area (Å²) in [7, 11) is 0. The number of hydrogen-bond donors (Lipinski definition) is 1. The summed E-state index contributed by atoms with van der Waals surface area (Å²) in [4.78, 5) is 32.8. The van der Waals surface area contributed by atoms with Crippen molar-refractivity contribution >= 4 is 77.0 Å². The molecule has 6 heterocycles. The zero-order chi connectivity index (χ0) is 78.0. The maximum atomic E-state index is 6.14. The predicted octanol–water partition coefficient (Wildman–Crippen LogP) is 27.4. The van der Waals surface area contributed by atoms with Crippen LogP contribution in [0.4, 0.5) is 0 Å². The fourth-order valence-electron chi connectivity index (χ4n) is 15.9. The van der Waals surface area contributed by atoms with E-state index in [4.69, 9.17) is 26.6 Å². The van der Waals surface area contributed by atoms with Crippen molar-refractivity contribution in [1.82, 2.24) is 48.6 Å². The van der Waals surface area contributed by atoms with Crippen molar-refractivity contribution in [3.63, 3.8) is 0 Å². The quantitative estimate of drug-likeness (QED) is 0.123. The number of para-hydroxylation sites is 2. The molecular formula is C106H71ClN10. The molecule has 0 amide bonds. The minimum Gasteiger partial charge on any atom is -0.353 e. The number of hydrogen-bond acceptors (Lipinski definition) is 6. The number of H-pyrrole nitrogens is 1. The first-order valence-corrected chi connectivity index (χ1v) is 39.4. The monoisotopic (exact) mass is 1520 g/mol. The average molecular weight is 1520 g/mol. The third-order valence-corrected chi connectivity index (χ3v) is 21.7. The Morgan fingerprint density at radius 3 is 0.983 bits per heavy atom. The maximum Gasteiger partial charge on any atom is 0.164 e. The summed E-state index contributed by atoms with van der Waals surface area (Å²) < 4.78 is 7.09. The first kappa shape index (κ1) is 70.6. The van der Waals surface area contributed by atoms with Crippen molar-refractivity contribution in [2.45, 2.75) is 0 Å². The third kappa shape index (κ3) is 14.2. The van der Waals surface area contributed by atoms with Crippen molar-refractivity contribution in [1.29, 1.82) is 0 Å². The highest BCUT2D eigenvalue weighted by Gasteiger charge is 2.22. The Kier molecular flexibility index (Phi) is 18.9. The lowest BCUT2D eigenvalue weighted by Crippen LogP contribution is -2.01. The molecule has 0 atom stereocenters. The molecular weight excluding hydrogens is 1450 g/mol. The smallest absolute Gasteiger partial charge is 0.164 e. The Labute approximate surface area is 680 Å². The number of aromatic amines is 1. The van der Waals surface area contributed by atoms with Gasteiger partial charge in [0.25, 0.3) is 0 Å². The largest absolute Gasteiger partial charge is 0.353 e. The Morgan fingerprint density at radius 1 is 0.214 bits per heavy atom. The van der Waals surface area contributed by atoms with Gasteiger partial charge in [0, 0.05) is 106 Å². The van der Waals surface area contributed by atoms with Crippen LogP contribution in [0.2, 0.25) is 5.02 Å². The van der Waals surface area contributed by atoms with Gasteiger partial charge >= 0.3 is 0 Å². The van der Waals surface area contributed by atoms with Crippen molar-refractivity contribution in [2.75, 3.05) is 0 Å². The van der Waals surface area contributed by atoms with Crippen LogP contribution in [0, 0.1) is 0 Å². The van der Waals surface area contributed by atoms with Crippen LogP contribution in [-0.4, -0.2) is 48.6 Å². The van der Waals surface area contributed by atoms with Gasteiger partial charge in [-0.25, -0.2) is 29.9 Å². The van der Waals surface area contributed by atoms with Crippen LogP contribution in [0.1, 0.15) is 0 Å². The molecule has 0 fully saturated rings. The molecule has 117 heavy (non-hydrogen) atoms. The van der Waals surface area contributed by atoms with E-state index in [2.05, 4.69) is 313 Å². The molecule has 0 aliphatic heterocycles. The van der Waals surface area contributed by atoms with E-state index in [9.17, 15) is 0 Å². The number of rotatable bonds is 13. The van der Waals surface area contributed by atoms with Gasteiger partial charge in [0.15, 0.2) is 34.9 Å². The van der Waals surface area contributed by atoms with E-state index >= 15 is 0 Å². The number of nitrogens with zero attached hydrogens (tertiary/aromatic N) is 9. The summed E-state index contributed by atoms with van der Waals surface area (Å²) in [6.07, 6.45) is 4.40. The van der Waals surface area contributed by atoms with E-state index < -0.39 is 0 Å². The lowest BCUT2D eigenvalue weighted by molar-refractivity contribution is 1.07. The van der Waals surface area contributed by atoms with Gasteiger partial charge in [0.1, 0.15) is 0 Å². The number of aromatic nitrogens is 10. The van der Waals surface area contributed by atoms with Gasteiger partial charge < -0.3 is 18.7 Å². The van der Waals surface area contributed by atoms with Gasteiger partial charge in [-0.15, -0.1) is 0 Å². The van der Waals surface area contributed by atoms with Crippen molar-refractivity contribution < 1.29 is 0 Å². The van der Waals surface area contributed by atoms with Crippen LogP contribution in [0.3, 0.4) is 0 Å². The Hall–Kier alpha value is -15.5. The van der Waals surface area contributed by atoms with Gasteiger partial charge in [-0.3, -0.25) is 0 Å². The van der Waals surface area contributed by atoms with Gasteiger partial charge in [0.2, 0.25) is 0 Å². The molecule has 10 nitrogen and oxygen atoms in total. The molecule has 1 N–H and O–H groups in total. The second-order valence-corrected chi connectivity index (χ2v) is 29.3. The number of halogens is 1. The van der Waals surface area contributed by atoms with Crippen LogP contribution in [0.5, 0.6) is 0 Å². The maximum absolute atomic E-state index is 6.14. The van der Waals surface area contributed by atoms with E-state index in [1.165, 1.54) is 88.0 Å². The molecule has 0 radical (unpaired) electrons. The Balaban J connectivity index is 0.000000126. The van der Waals surface area contributed by atoms with Crippen LogP contribution in [-0.2, 0) is 0 Å². The highest BCUT2D eigenvalue weighted by molar-refractivity contribution is 6.30. The summed E-state index contributed by atoms with van der Waals surface area (Å²) in [6, 6.07) is 143. The van der Waals surface area contributed by atoms with Crippen LogP contribution in [0.25, 0.3) is 195 Å². The van der Waals surface area contributed by atoms with E-state index in [-0.39, 0.29) is 0 Å². The predicted molar refractivity (Wildman–Crippen MR) is 483 cm³/mol. The summed E-state index contributed by atoms with van der Waals surface area (Å²) in [5.41, 5.74) is 25.3.